The van der Waals surface area contributed by atoms with E-state index in [4.69, 9.17) is 0 Å². The Morgan fingerprint density at radius 3 is 2.82 bits per heavy atom. The minimum Gasteiger partial charge on any atom is -0.393 e. The molecule has 0 aromatic heterocycles. The predicted molar refractivity (Wildman–Crippen MR) is 73.9 cm³/mol. The molecule has 0 aliphatic heterocycles. The largest absolute Gasteiger partial charge is 0.393 e. The number of hydrogen-bond acceptors (Lipinski definition) is 2. The van der Waals surface area contributed by atoms with Crippen molar-refractivity contribution in [2.45, 2.75) is 38.3 Å². The second-order valence-electron chi connectivity index (χ2n) is 4.91. The maximum absolute atomic E-state index is 9.78. The van der Waals surface area contributed by atoms with E-state index in [1.807, 2.05) is 6.07 Å². The van der Waals surface area contributed by atoms with Crippen LogP contribution in [0.5, 0.6) is 0 Å². The van der Waals surface area contributed by atoms with Gasteiger partial charge in [-0.3, -0.25) is 0 Å². The van der Waals surface area contributed by atoms with Crippen molar-refractivity contribution in [1.82, 2.24) is 5.32 Å². The quantitative estimate of drug-likeness (QED) is 0.894. The van der Waals surface area contributed by atoms with E-state index in [2.05, 4.69) is 46.4 Å². The van der Waals surface area contributed by atoms with E-state index in [0.717, 1.165) is 30.3 Å². The Bertz CT molecular complexity index is 369. The predicted octanol–water partition coefficient (Wildman–Crippen LogP) is 3.26. The highest BCUT2D eigenvalue weighted by Crippen LogP contribution is 2.27. The van der Waals surface area contributed by atoms with Crippen LogP contribution in [0.4, 0.5) is 0 Å². The molecule has 94 valence electrons. The fraction of sp³-hybridized carbons (Fsp3) is 0.571. The van der Waals surface area contributed by atoms with Crippen molar-refractivity contribution in [1.29, 1.82) is 0 Å². The lowest BCUT2D eigenvalue weighted by molar-refractivity contribution is 0.130. The lowest BCUT2D eigenvalue weighted by Gasteiger charge is -2.20. The summed E-state index contributed by atoms with van der Waals surface area (Å²) in [5.74, 6) is 0.430. The second-order valence-corrected chi connectivity index (χ2v) is 5.76. The van der Waals surface area contributed by atoms with Crippen LogP contribution in [-0.4, -0.2) is 17.8 Å². The number of halogens is 1. The zero-order chi connectivity index (χ0) is 12.3. The molecule has 2 rings (SSSR count). The fourth-order valence-electron chi connectivity index (χ4n) is 2.52. The molecule has 17 heavy (non-hydrogen) atoms. The van der Waals surface area contributed by atoms with E-state index < -0.39 is 0 Å². The molecule has 1 saturated carbocycles. The Kier molecular flexibility index (Phi) is 4.60. The van der Waals surface area contributed by atoms with Crippen molar-refractivity contribution in [3.63, 3.8) is 0 Å². The van der Waals surface area contributed by atoms with Gasteiger partial charge in [-0.2, -0.15) is 0 Å². The van der Waals surface area contributed by atoms with Crippen LogP contribution in [0.25, 0.3) is 0 Å². The maximum Gasteiger partial charge on any atom is 0.0580 e. The number of hydrogen-bond donors (Lipinski definition) is 2. The Labute approximate surface area is 112 Å². The number of aliphatic hydroxyl groups excluding tert-OH is 1. The summed E-state index contributed by atoms with van der Waals surface area (Å²) in [7, 11) is 0. The third-order valence-corrected chi connectivity index (χ3v) is 4.40. The topological polar surface area (TPSA) is 32.3 Å². The van der Waals surface area contributed by atoms with E-state index >= 15 is 0 Å². The summed E-state index contributed by atoms with van der Waals surface area (Å²) in [6.07, 6.45) is 3.18. The summed E-state index contributed by atoms with van der Waals surface area (Å²) in [6.45, 7) is 3.07. The molecule has 1 aliphatic rings. The van der Waals surface area contributed by atoms with E-state index in [0.29, 0.717) is 12.0 Å². The molecule has 1 aliphatic carbocycles. The molecule has 2 N–H and O–H groups in total. The van der Waals surface area contributed by atoms with Gasteiger partial charge in [-0.15, -0.1) is 0 Å². The number of benzene rings is 1. The van der Waals surface area contributed by atoms with Crippen LogP contribution in [0.3, 0.4) is 0 Å². The van der Waals surface area contributed by atoms with Gasteiger partial charge in [-0.1, -0.05) is 40.5 Å². The Morgan fingerprint density at radius 2 is 2.18 bits per heavy atom. The van der Waals surface area contributed by atoms with E-state index in [-0.39, 0.29) is 6.10 Å². The molecule has 3 atom stereocenters. The molecular formula is C14H20BrNO. The van der Waals surface area contributed by atoms with Gasteiger partial charge >= 0.3 is 0 Å². The van der Waals surface area contributed by atoms with Crippen molar-refractivity contribution in [3.05, 3.63) is 34.3 Å². The van der Waals surface area contributed by atoms with Gasteiger partial charge in [-0.05, 0) is 37.3 Å². The summed E-state index contributed by atoms with van der Waals surface area (Å²) in [6, 6.07) is 8.60. The molecule has 2 nitrogen and oxygen atoms in total. The number of nitrogens with one attached hydrogen (secondary N) is 1. The maximum atomic E-state index is 9.78. The van der Waals surface area contributed by atoms with Crippen LogP contribution in [-0.2, 0) is 0 Å². The third-order valence-electron chi connectivity index (χ3n) is 3.68. The summed E-state index contributed by atoms with van der Waals surface area (Å²) < 4.78 is 1.15. The van der Waals surface area contributed by atoms with E-state index in [1.54, 1.807) is 0 Å². The van der Waals surface area contributed by atoms with E-state index in [9.17, 15) is 5.11 Å². The normalized spacial score (nSPS) is 26.1. The van der Waals surface area contributed by atoms with Crippen molar-refractivity contribution in [2.24, 2.45) is 5.92 Å². The number of rotatable bonds is 4. The zero-order valence-corrected chi connectivity index (χ0v) is 11.8. The Hall–Kier alpha value is -0.380. The van der Waals surface area contributed by atoms with Crippen LogP contribution in [0, 0.1) is 5.92 Å². The molecule has 3 unspecified atom stereocenters. The first-order valence-corrected chi connectivity index (χ1v) is 7.13. The van der Waals surface area contributed by atoms with Crippen molar-refractivity contribution < 1.29 is 5.11 Å². The monoisotopic (exact) mass is 297 g/mol. The van der Waals surface area contributed by atoms with Gasteiger partial charge in [0.15, 0.2) is 0 Å². The lowest BCUT2D eigenvalue weighted by atomic mass is 10.0. The van der Waals surface area contributed by atoms with Gasteiger partial charge in [0.2, 0.25) is 0 Å². The van der Waals surface area contributed by atoms with Crippen molar-refractivity contribution in [2.75, 3.05) is 6.54 Å². The first-order valence-electron chi connectivity index (χ1n) is 6.34. The molecule has 0 amide bonds. The second kappa shape index (κ2) is 5.98. The molecule has 1 fully saturated rings. The molecule has 3 heteroatoms. The van der Waals surface area contributed by atoms with Crippen LogP contribution < -0.4 is 5.32 Å². The highest BCUT2D eigenvalue weighted by molar-refractivity contribution is 9.10. The molecule has 0 heterocycles. The SMILES string of the molecule is CC(NCC1CCCC1O)c1ccccc1Br. The Morgan fingerprint density at radius 1 is 1.41 bits per heavy atom. The fourth-order valence-corrected chi connectivity index (χ4v) is 3.15. The minimum atomic E-state index is -0.103. The van der Waals surface area contributed by atoms with Crippen LogP contribution >= 0.6 is 15.9 Å². The molecule has 0 saturated heterocycles. The highest BCUT2D eigenvalue weighted by Gasteiger charge is 2.25. The summed E-state index contributed by atoms with van der Waals surface area (Å²) >= 11 is 3.57. The third kappa shape index (κ3) is 3.30. The van der Waals surface area contributed by atoms with Gasteiger partial charge in [0, 0.05) is 17.1 Å². The summed E-state index contributed by atoms with van der Waals surface area (Å²) in [4.78, 5) is 0. The van der Waals surface area contributed by atoms with Crippen LogP contribution in [0.1, 0.15) is 37.8 Å². The molecule has 0 spiro atoms. The summed E-state index contributed by atoms with van der Waals surface area (Å²) in [5.41, 5.74) is 1.28. The molecule has 1 aromatic carbocycles. The first-order chi connectivity index (χ1) is 8.18. The van der Waals surface area contributed by atoms with Gasteiger partial charge < -0.3 is 10.4 Å². The standard InChI is InChI=1S/C14H20BrNO/c1-10(12-6-2-3-7-13(12)15)16-9-11-5-4-8-14(11)17/h2-3,6-7,10-11,14,16-17H,4-5,8-9H2,1H3. The zero-order valence-electron chi connectivity index (χ0n) is 10.2. The van der Waals surface area contributed by atoms with Gasteiger partial charge in [0.05, 0.1) is 6.10 Å². The van der Waals surface area contributed by atoms with Crippen molar-refractivity contribution in [3.8, 4) is 0 Å². The molecular weight excluding hydrogens is 278 g/mol. The molecule has 0 bridgehead atoms. The van der Waals surface area contributed by atoms with Crippen LogP contribution in [0.15, 0.2) is 28.7 Å². The molecule has 0 radical (unpaired) electrons. The van der Waals surface area contributed by atoms with Gasteiger partial charge in [0.1, 0.15) is 0 Å². The van der Waals surface area contributed by atoms with Gasteiger partial charge in [0.25, 0.3) is 0 Å². The first kappa shape index (κ1) is 13.1. The highest BCUT2D eigenvalue weighted by atomic mass is 79.9. The smallest absolute Gasteiger partial charge is 0.0580 e. The van der Waals surface area contributed by atoms with Crippen molar-refractivity contribution >= 4 is 15.9 Å². The molecule has 1 aromatic rings. The average molecular weight is 298 g/mol. The number of aliphatic hydroxyl groups is 1. The minimum absolute atomic E-state index is 0.103. The Balaban J connectivity index is 1.89. The van der Waals surface area contributed by atoms with Crippen LogP contribution in [0.2, 0.25) is 0 Å². The lowest BCUT2D eigenvalue weighted by Crippen LogP contribution is -2.29. The van der Waals surface area contributed by atoms with Gasteiger partial charge in [-0.25, -0.2) is 0 Å². The summed E-state index contributed by atoms with van der Waals surface area (Å²) in [5, 5.41) is 13.3. The average Bonchev–Trinajstić information content (AvgIpc) is 2.72. The van der Waals surface area contributed by atoms with E-state index in [1.165, 1.54) is 5.56 Å².